The number of aromatic nitrogens is 2. The lowest BCUT2D eigenvalue weighted by molar-refractivity contribution is -0.0496. The van der Waals surface area contributed by atoms with E-state index >= 15 is 0 Å². The predicted molar refractivity (Wildman–Crippen MR) is 111 cm³/mol. The second-order valence-electron chi connectivity index (χ2n) is 6.21. The number of hydrogen-bond donors (Lipinski definition) is 2. The van der Waals surface area contributed by atoms with Crippen LogP contribution in [-0.2, 0) is 16.6 Å². The highest BCUT2D eigenvalue weighted by Crippen LogP contribution is 2.30. The van der Waals surface area contributed by atoms with Crippen molar-refractivity contribution in [3.05, 3.63) is 18.5 Å². The number of aliphatic imine (C=N–C) groups is 1. The Kier molecular flexibility index (Phi) is 9.97. The normalized spacial score (nSPS) is 17.2. The van der Waals surface area contributed by atoms with Crippen molar-refractivity contribution in [2.45, 2.75) is 31.8 Å². The fourth-order valence-corrected chi connectivity index (χ4v) is 3.75. The SMILES string of the molecule is CCNC(=NCC1CCN(S(=O)(=O)C(F)(F)F)CC1)NCCn1cccn1.I. The summed E-state index contributed by atoms with van der Waals surface area (Å²) in [5.41, 5.74) is -5.24. The van der Waals surface area contributed by atoms with Crippen LogP contribution in [0.3, 0.4) is 0 Å². The maximum absolute atomic E-state index is 12.6. The fourth-order valence-electron chi connectivity index (χ4n) is 2.76. The highest BCUT2D eigenvalue weighted by molar-refractivity contribution is 14.0. The van der Waals surface area contributed by atoms with E-state index in [-0.39, 0.29) is 43.0 Å². The second-order valence-corrected chi connectivity index (χ2v) is 8.14. The van der Waals surface area contributed by atoms with E-state index in [0.717, 1.165) is 0 Å². The Balaban J connectivity index is 0.00000392. The number of piperidine rings is 1. The molecule has 0 saturated carbocycles. The Bertz CT molecular complexity index is 704. The standard InChI is InChI=1S/C15H25F3N6O2S.HI/c1-2-19-14(20-7-11-23-8-3-6-22-23)21-12-13-4-9-24(10-5-13)27(25,26)15(16,17)18;/h3,6,8,13H,2,4-5,7,9-12H2,1H3,(H2,19,20,21);1H. The van der Waals surface area contributed by atoms with Crippen LogP contribution in [0.15, 0.2) is 23.5 Å². The van der Waals surface area contributed by atoms with Gasteiger partial charge >= 0.3 is 15.5 Å². The molecule has 0 bridgehead atoms. The van der Waals surface area contributed by atoms with Gasteiger partial charge in [0.15, 0.2) is 5.96 Å². The third kappa shape index (κ3) is 7.06. The highest BCUT2D eigenvalue weighted by atomic mass is 127. The van der Waals surface area contributed by atoms with Crippen LogP contribution in [-0.4, -0.2) is 66.7 Å². The van der Waals surface area contributed by atoms with Crippen molar-refractivity contribution < 1.29 is 21.6 Å². The number of rotatable bonds is 7. The lowest BCUT2D eigenvalue weighted by Gasteiger charge is -2.30. The lowest BCUT2D eigenvalue weighted by Crippen LogP contribution is -2.45. The third-order valence-electron chi connectivity index (χ3n) is 4.25. The number of nitrogens with zero attached hydrogens (tertiary/aromatic N) is 4. The molecule has 2 rings (SSSR count). The summed E-state index contributed by atoms with van der Waals surface area (Å²) in [6.07, 6.45) is 4.26. The molecule has 2 N–H and O–H groups in total. The van der Waals surface area contributed by atoms with E-state index in [1.54, 1.807) is 10.9 Å². The quantitative estimate of drug-likeness (QED) is 0.313. The average Bonchev–Trinajstić information content (AvgIpc) is 3.12. The van der Waals surface area contributed by atoms with Gasteiger partial charge in [0.2, 0.25) is 0 Å². The molecule has 0 spiro atoms. The summed E-state index contributed by atoms with van der Waals surface area (Å²) < 4.78 is 63.0. The number of alkyl halides is 3. The molecule has 0 aromatic carbocycles. The second kappa shape index (κ2) is 11.2. The first kappa shape index (κ1) is 24.9. The number of halogens is 4. The van der Waals surface area contributed by atoms with E-state index in [2.05, 4.69) is 20.7 Å². The van der Waals surface area contributed by atoms with E-state index in [1.807, 2.05) is 19.2 Å². The van der Waals surface area contributed by atoms with Gasteiger partial charge in [0, 0.05) is 45.1 Å². The first-order valence-electron chi connectivity index (χ1n) is 8.80. The summed E-state index contributed by atoms with van der Waals surface area (Å²) in [5, 5.41) is 10.4. The van der Waals surface area contributed by atoms with Gasteiger partial charge in [0.05, 0.1) is 6.54 Å². The fraction of sp³-hybridized carbons (Fsp3) is 0.733. The first-order chi connectivity index (χ1) is 12.7. The molecule has 0 aliphatic carbocycles. The molecule has 13 heteroatoms. The van der Waals surface area contributed by atoms with E-state index in [1.165, 1.54) is 0 Å². The zero-order valence-electron chi connectivity index (χ0n) is 15.5. The number of sulfonamides is 1. The van der Waals surface area contributed by atoms with Crippen molar-refractivity contribution in [3.8, 4) is 0 Å². The average molecular weight is 538 g/mol. The monoisotopic (exact) mass is 538 g/mol. The topological polar surface area (TPSA) is 91.6 Å². The van der Waals surface area contributed by atoms with E-state index in [9.17, 15) is 21.6 Å². The van der Waals surface area contributed by atoms with Gasteiger partial charge in [0.25, 0.3) is 0 Å². The summed E-state index contributed by atoms with van der Waals surface area (Å²) in [4.78, 5) is 4.47. The molecule has 1 aromatic heterocycles. The Morgan fingerprint density at radius 1 is 1.29 bits per heavy atom. The molecule has 1 fully saturated rings. The van der Waals surface area contributed by atoms with Crippen LogP contribution in [0.4, 0.5) is 13.2 Å². The summed E-state index contributed by atoms with van der Waals surface area (Å²) in [7, 11) is -5.23. The molecular formula is C15H26F3IN6O2S. The van der Waals surface area contributed by atoms with Crippen LogP contribution >= 0.6 is 24.0 Å². The van der Waals surface area contributed by atoms with E-state index in [0.29, 0.717) is 49.3 Å². The highest BCUT2D eigenvalue weighted by Gasteiger charge is 2.50. The van der Waals surface area contributed by atoms with Crippen molar-refractivity contribution in [2.75, 3.05) is 32.7 Å². The van der Waals surface area contributed by atoms with Gasteiger partial charge in [-0.25, -0.2) is 8.42 Å². The third-order valence-corrected chi connectivity index (χ3v) is 5.88. The number of hydrogen-bond acceptors (Lipinski definition) is 4. The molecule has 0 atom stereocenters. The van der Waals surface area contributed by atoms with Crippen LogP contribution in [0.2, 0.25) is 0 Å². The maximum atomic E-state index is 12.6. The molecule has 1 aromatic rings. The Labute approximate surface area is 180 Å². The summed E-state index contributed by atoms with van der Waals surface area (Å²) >= 11 is 0. The Hall–Kier alpha value is -1.09. The summed E-state index contributed by atoms with van der Waals surface area (Å²) in [6, 6.07) is 1.84. The largest absolute Gasteiger partial charge is 0.511 e. The van der Waals surface area contributed by atoms with Crippen LogP contribution < -0.4 is 10.6 Å². The van der Waals surface area contributed by atoms with Crippen molar-refractivity contribution in [1.29, 1.82) is 0 Å². The Morgan fingerprint density at radius 3 is 2.50 bits per heavy atom. The molecule has 0 radical (unpaired) electrons. The molecule has 8 nitrogen and oxygen atoms in total. The van der Waals surface area contributed by atoms with E-state index < -0.39 is 15.5 Å². The van der Waals surface area contributed by atoms with E-state index in [4.69, 9.17) is 0 Å². The minimum absolute atomic E-state index is 0. The zero-order chi connectivity index (χ0) is 19.9. The van der Waals surface area contributed by atoms with Gasteiger partial charge in [-0.2, -0.15) is 22.6 Å². The van der Waals surface area contributed by atoms with Crippen LogP contribution in [0.25, 0.3) is 0 Å². The van der Waals surface area contributed by atoms with Gasteiger partial charge < -0.3 is 10.6 Å². The first-order valence-corrected chi connectivity index (χ1v) is 10.2. The van der Waals surface area contributed by atoms with Gasteiger partial charge in [0.1, 0.15) is 0 Å². The lowest BCUT2D eigenvalue weighted by atomic mass is 9.98. The van der Waals surface area contributed by atoms with Crippen molar-refractivity contribution in [2.24, 2.45) is 10.9 Å². The van der Waals surface area contributed by atoms with Crippen molar-refractivity contribution >= 4 is 40.0 Å². The van der Waals surface area contributed by atoms with Gasteiger partial charge in [-0.3, -0.25) is 9.67 Å². The summed E-state index contributed by atoms with van der Waals surface area (Å²) in [5.74, 6) is 0.668. The predicted octanol–water partition coefficient (Wildman–Crippen LogP) is 1.62. The summed E-state index contributed by atoms with van der Waals surface area (Å²) in [6.45, 7) is 4.07. The number of nitrogens with one attached hydrogen (secondary N) is 2. The zero-order valence-corrected chi connectivity index (χ0v) is 18.7. The van der Waals surface area contributed by atoms with Gasteiger partial charge in [-0.05, 0) is 31.7 Å². The molecule has 0 amide bonds. The van der Waals surface area contributed by atoms with Crippen LogP contribution in [0.5, 0.6) is 0 Å². The van der Waals surface area contributed by atoms with Gasteiger partial charge in [-0.1, -0.05) is 0 Å². The minimum atomic E-state index is -5.24. The molecule has 28 heavy (non-hydrogen) atoms. The molecule has 1 aliphatic heterocycles. The molecule has 162 valence electrons. The Morgan fingerprint density at radius 2 is 1.96 bits per heavy atom. The van der Waals surface area contributed by atoms with Gasteiger partial charge in [-0.15, -0.1) is 24.0 Å². The molecule has 2 heterocycles. The molecule has 1 saturated heterocycles. The van der Waals surface area contributed by atoms with Crippen LogP contribution in [0, 0.1) is 5.92 Å². The minimum Gasteiger partial charge on any atom is -0.357 e. The van der Waals surface area contributed by atoms with Crippen LogP contribution in [0.1, 0.15) is 19.8 Å². The van der Waals surface area contributed by atoms with Crippen molar-refractivity contribution in [1.82, 2.24) is 24.7 Å². The molecule has 0 unspecified atom stereocenters. The smallest absolute Gasteiger partial charge is 0.357 e. The van der Waals surface area contributed by atoms with Crippen molar-refractivity contribution in [3.63, 3.8) is 0 Å². The number of guanidine groups is 1. The maximum Gasteiger partial charge on any atom is 0.511 e. The molecular weight excluding hydrogens is 512 g/mol. The molecule has 1 aliphatic rings.